The number of aromatic nitrogens is 1. The summed E-state index contributed by atoms with van der Waals surface area (Å²) in [4.78, 5) is 4.46. The van der Waals surface area contributed by atoms with Gasteiger partial charge in [0.15, 0.2) is 9.84 Å². The summed E-state index contributed by atoms with van der Waals surface area (Å²) in [7, 11) is -2.74. The summed E-state index contributed by atoms with van der Waals surface area (Å²) >= 11 is 1.68. The molecule has 1 fully saturated rings. The van der Waals surface area contributed by atoms with Crippen molar-refractivity contribution < 1.29 is 8.42 Å². The maximum atomic E-state index is 11.3. The van der Waals surface area contributed by atoms with Crippen LogP contribution in [0.15, 0.2) is 5.38 Å². The molecule has 0 amide bonds. The molecule has 1 aliphatic rings. The second-order valence-corrected chi connectivity index (χ2v) is 7.66. The molecule has 0 radical (unpaired) electrons. The number of sulfone groups is 1. The largest absolute Gasteiger partial charge is 0.311 e. The van der Waals surface area contributed by atoms with Gasteiger partial charge >= 0.3 is 0 Å². The van der Waals surface area contributed by atoms with Crippen molar-refractivity contribution in [2.75, 3.05) is 18.1 Å². The molecule has 2 rings (SSSR count). The summed E-state index contributed by atoms with van der Waals surface area (Å²) in [5, 5.41) is 6.52. The standard InChI is InChI=1S/C11H18N2O2S2/c1-2-11-13-10(7-16-11)6-12-5-9-3-4-17(14,15)8-9/h7,9,12H,2-6,8H2,1H3. The van der Waals surface area contributed by atoms with Gasteiger partial charge in [-0.15, -0.1) is 11.3 Å². The van der Waals surface area contributed by atoms with Crippen molar-refractivity contribution in [3.63, 3.8) is 0 Å². The van der Waals surface area contributed by atoms with Gasteiger partial charge in [-0.25, -0.2) is 13.4 Å². The lowest BCUT2D eigenvalue weighted by Crippen LogP contribution is -2.23. The molecule has 4 nitrogen and oxygen atoms in total. The summed E-state index contributed by atoms with van der Waals surface area (Å²) in [6.07, 6.45) is 1.78. The van der Waals surface area contributed by atoms with Gasteiger partial charge in [0.1, 0.15) is 0 Å². The number of thiazole rings is 1. The van der Waals surface area contributed by atoms with Crippen molar-refractivity contribution in [2.45, 2.75) is 26.3 Å². The van der Waals surface area contributed by atoms with Crippen molar-refractivity contribution >= 4 is 21.2 Å². The van der Waals surface area contributed by atoms with E-state index in [1.807, 2.05) is 0 Å². The Kier molecular flexibility index (Phi) is 4.17. The Morgan fingerprint density at radius 3 is 3.00 bits per heavy atom. The molecule has 1 aliphatic heterocycles. The van der Waals surface area contributed by atoms with Crippen LogP contribution in [-0.2, 0) is 22.8 Å². The number of nitrogens with zero attached hydrogens (tertiary/aromatic N) is 1. The number of aryl methyl sites for hydroxylation is 1. The molecule has 0 aliphatic carbocycles. The lowest BCUT2D eigenvalue weighted by Gasteiger charge is -2.07. The van der Waals surface area contributed by atoms with Crippen LogP contribution in [0.4, 0.5) is 0 Å². The first kappa shape index (κ1) is 13.0. The summed E-state index contributed by atoms with van der Waals surface area (Å²) < 4.78 is 22.6. The SMILES string of the molecule is CCc1nc(CNCC2CCS(=O)(=O)C2)cs1. The third kappa shape index (κ3) is 3.76. The molecule has 2 heterocycles. The Morgan fingerprint density at radius 2 is 2.41 bits per heavy atom. The summed E-state index contributed by atoms with van der Waals surface area (Å²) in [5.74, 6) is 0.983. The van der Waals surface area contributed by atoms with Crippen LogP contribution in [-0.4, -0.2) is 31.5 Å². The normalized spacial score (nSPS) is 23.0. The van der Waals surface area contributed by atoms with Crippen LogP contribution in [0, 0.1) is 5.92 Å². The van der Waals surface area contributed by atoms with Crippen LogP contribution >= 0.6 is 11.3 Å². The number of nitrogens with one attached hydrogen (secondary N) is 1. The van der Waals surface area contributed by atoms with Crippen molar-refractivity contribution in [1.29, 1.82) is 0 Å². The van der Waals surface area contributed by atoms with Gasteiger partial charge in [-0.2, -0.15) is 0 Å². The highest BCUT2D eigenvalue weighted by atomic mass is 32.2. The predicted molar refractivity (Wildman–Crippen MR) is 70.0 cm³/mol. The molecule has 6 heteroatoms. The fourth-order valence-corrected chi connectivity index (χ4v) is 4.64. The molecule has 1 aromatic rings. The molecule has 0 saturated carbocycles. The second-order valence-electron chi connectivity index (χ2n) is 4.49. The fraction of sp³-hybridized carbons (Fsp3) is 0.727. The highest BCUT2D eigenvalue weighted by molar-refractivity contribution is 7.91. The van der Waals surface area contributed by atoms with Gasteiger partial charge < -0.3 is 5.32 Å². The first-order chi connectivity index (χ1) is 8.09. The fourth-order valence-electron chi connectivity index (χ4n) is 2.03. The van der Waals surface area contributed by atoms with E-state index >= 15 is 0 Å². The zero-order valence-electron chi connectivity index (χ0n) is 9.98. The molecule has 0 bridgehead atoms. The van der Waals surface area contributed by atoms with Gasteiger partial charge in [0.25, 0.3) is 0 Å². The monoisotopic (exact) mass is 274 g/mol. The Morgan fingerprint density at radius 1 is 1.59 bits per heavy atom. The molecule has 1 unspecified atom stereocenters. The van der Waals surface area contributed by atoms with E-state index in [0.717, 1.165) is 36.6 Å². The Hall–Kier alpha value is -0.460. The smallest absolute Gasteiger partial charge is 0.150 e. The molecule has 1 saturated heterocycles. The zero-order valence-corrected chi connectivity index (χ0v) is 11.6. The van der Waals surface area contributed by atoms with Gasteiger partial charge in [-0.1, -0.05) is 6.92 Å². The van der Waals surface area contributed by atoms with Crippen LogP contribution in [0.5, 0.6) is 0 Å². The van der Waals surface area contributed by atoms with Crippen LogP contribution in [0.1, 0.15) is 24.0 Å². The molecule has 1 N–H and O–H groups in total. The summed E-state index contributed by atoms with van der Waals surface area (Å²) in [6, 6.07) is 0. The van der Waals surface area contributed by atoms with E-state index in [0.29, 0.717) is 11.5 Å². The van der Waals surface area contributed by atoms with E-state index in [9.17, 15) is 8.42 Å². The van der Waals surface area contributed by atoms with Crippen LogP contribution in [0.25, 0.3) is 0 Å². The molecular formula is C11H18N2O2S2. The highest BCUT2D eigenvalue weighted by Crippen LogP contribution is 2.17. The van der Waals surface area contributed by atoms with Crippen molar-refractivity contribution in [3.8, 4) is 0 Å². The van der Waals surface area contributed by atoms with E-state index in [2.05, 4.69) is 22.6 Å². The third-order valence-electron chi connectivity index (χ3n) is 2.97. The Bertz CT molecular complexity index is 468. The topological polar surface area (TPSA) is 59.1 Å². The van der Waals surface area contributed by atoms with E-state index in [1.54, 1.807) is 11.3 Å². The number of rotatable bonds is 5. The lowest BCUT2D eigenvalue weighted by atomic mass is 10.1. The average molecular weight is 274 g/mol. The average Bonchev–Trinajstić information content (AvgIpc) is 2.85. The zero-order chi connectivity index (χ0) is 12.3. The molecule has 96 valence electrons. The van der Waals surface area contributed by atoms with Gasteiger partial charge in [-0.3, -0.25) is 0 Å². The molecule has 17 heavy (non-hydrogen) atoms. The van der Waals surface area contributed by atoms with Crippen molar-refractivity contribution in [2.24, 2.45) is 5.92 Å². The predicted octanol–water partition coefficient (Wildman–Crippen LogP) is 1.23. The van der Waals surface area contributed by atoms with Crippen molar-refractivity contribution in [1.82, 2.24) is 10.3 Å². The van der Waals surface area contributed by atoms with Gasteiger partial charge in [0.05, 0.1) is 22.2 Å². The first-order valence-electron chi connectivity index (χ1n) is 5.93. The van der Waals surface area contributed by atoms with Crippen molar-refractivity contribution in [3.05, 3.63) is 16.1 Å². The minimum Gasteiger partial charge on any atom is -0.311 e. The number of hydrogen-bond donors (Lipinski definition) is 1. The second kappa shape index (κ2) is 5.46. The first-order valence-corrected chi connectivity index (χ1v) is 8.63. The maximum Gasteiger partial charge on any atom is 0.150 e. The van der Waals surface area contributed by atoms with Crippen LogP contribution < -0.4 is 5.32 Å². The van der Waals surface area contributed by atoms with E-state index in [-0.39, 0.29) is 5.92 Å². The molecular weight excluding hydrogens is 256 g/mol. The molecule has 0 spiro atoms. The maximum absolute atomic E-state index is 11.3. The lowest BCUT2D eigenvalue weighted by molar-refractivity contribution is 0.518. The molecule has 1 aromatic heterocycles. The summed E-state index contributed by atoms with van der Waals surface area (Å²) in [5.41, 5.74) is 1.06. The third-order valence-corrected chi connectivity index (χ3v) is 5.85. The molecule has 0 aromatic carbocycles. The van der Waals surface area contributed by atoms with E-state index in [4.69, 9.17) is 0 Å². The highest BCUT2D eigenvalue weighted by Gasteiger charge is 2.27. The minimum absolute atomic E-state index is 0.282. The summed E-state index contributed by atoms with van der Waals surface area (Å²) in [6.45, 7) is 3.62. The Balaban J connectivity index is 1.73. The number of hydrogen-bond acceptors (Lipinski definition) is 5. The van der Waals surface area contributed by atoms with Crippen LogP contribution in [0.3, 0.4) is 0 Å². The van der Waals surface area contributed by atoms with E-state index in [1.165, 1.54) is 0 Å². The van der Waals surface area contributed by atoms with Gasteiger partial charge in [0.2, 0.25) is 0 Å². The van der Waals surface area contributed by atoms with Gasteiger partial charge in [0, 0.05) is 11.9 Å². The Labute approximate surface area is 106 Å². The quantitative estimate of drug-likeness (QED) is 0.877. The minimum atomic E-state index is -2.74. The van der Waals surface area contributed by atoms with E-state index < -0.39 is 9.84 Å². The van der Waals surface area contributed by atoms with Crippen LogP contribution in [0.2, 0.25) is 0 Å². The molecule has 1 atom stereocenters. The van der Waals surface area contributed by atoms with Gasteiger partial charge in [-0.05, 0) is 25.3 Å².